The SMILES string of the molecule is C#CCC(C)NC(=O)CC1CNCCO1. The summed E-state index contributed by atoms with van der Waals surface area (Å²) in [6.45, 7) is 4.19. The zero-order valence-corrected chi connectivity index (χ0v) is 9.08. The van der Waals surface area contributed by atoms with Gasteiger partial charge in [0.15, 0.2) is 0 Å². The van der Waals surface area contributed by atoms with Gasteiger partial charge < -0.3 is 15.4 Å². The third-order valence-electron chi connectivity index (χ3n) is 2.25. The summed E-state index contributed by atoms with van der Waals surface area (Å²) in [6, 6.07) is 0.0408. The van der Waals surface area contributed by atoms with Crippen molar-refractivity contribution >= 4 is 5.91 Å². The Bertz CT molecular complexity index is 241. The minimum atomic E-state index is -0.00298. The summed E-state index contributed by atoms with van der Waals surface area (Å²) in [6.07, 6.45) is 6.12. The van der Waals surface area contributed by atoms with Crippen LogP contribution >= 0.6 is 0 Å². The molecular formula is C11H18N2O2. The molecule has 1 rings (SSSR count). The molecule has 0 spiro atoms. The Balaban J connectivity index is 2.20. The highest BCUT2D eigenvalue weighted by Crippen LogP contribution is 2.01. The Morgan fingerprint density at radius 1 is 1.80 bits per heavy atom. The highest BCUT2D eigenvalue weighted by Gasteiger charge is 2.17. The lowest BCUT2D eigenvalue weighted by molar-refractivity contribution is -0.125. The van der Waals surface area contributed by atoms with Gasteiger partial charge in [-0.1, -0.05) is 0 Å². The molecule has 4 nitrogen and oxygen atoms in total. The molecule has 2 unspecified atom stereocenters. The fourth-order valence-electron chi connectivity index (χ4n) is 1.52. The van der Waals surface area contributed by atoms with Gasteiger partial charge in [-0.25, -0.2) is 0 Å². The monoisotopic (exact) mass is 210 g/mol. The average molecular weight is 210 g/mol. The number of hydrogen-bond acceptors (Lipinski definition) is 3. The van der Waals surface area contributed by atoms with Gasteiger partial charge in [0.2, 0.25) is 5.91 Å². The number of carbonyl (C=O) groups is 1. The first-order valence-electron chi connectivity index (χ1n) is 5.27. The number of nitrogens with one attached hydrogen (secondary N) is 2. The number of rotatable bonds is 4. The highest BCUT2D eigenvalue weighted by molar-refractivity contribution is 5.76. The highest BCUT2D eigenvalue weighted by atomic mass is 16.5. The lowest BCUT2D eigenvalue weighted by atomic mass is 10.2. The van der Waals surface area contributed by atoms with Gasteiger partial charge in [0.25, 0.3) is 0 Å². The summed E-state index contributed by atoms with van der Waals surface area (Å²) in [5, 5.41) is 6.02. The molecule has 1 aliphatic heterocycles. The third-order valence-corrected chi connectivity index (χ3v) is 2.25. The van der Waals surface area contributed by atoms with Gasteiger partial charge in [-0.05, 0) is 6.92 Å². The molecule has 4 heteroatoms. The smallest absolute Gasteiger partial charge is 0.222 e. The molecule has 0 aromatic carbocycles. The maximum Gasteiger partial charge on any atom is 0.222 e. The second kappa shape index (κ2) is 6.44. The van der Waals surface area contributed by atoms with Gasteiger partial charge in [0.05, 0.1) is 19.1 Å². The van der Waals surface area contributed by atoms with Crippen LogP contribution in [-0.4, -0.2) is 37.7 Å². The molecule has 1 saturated heterocycles. The van der Waals surface area contributed by atoms with Crippen molar-refractivity contribution in [1.29, 1.82) is 0 Å². The van der Waals surface area contributed by atoms with E-state index in [0.29, 0.717) is 19.4 Å². The fraction of sp³-hybridized carbons (Fsp3) is 0.727. The molecule has 0 radical (unpaired) electrons. The zero-order chi connectivity index (χ0) is 11.1. The number of ether oxygens (including phenoxy) is 1. The molecule has 1 fully saturated rings. The second-order valence-electron chi connectivity index (χ2n) is 3.78. The van der Waals surface area contributed by atoms with Crippen LogP contribution in [0.4, 0.5) is 0 Å². The van der Waals surface area contributed by atoms with Gasteiger partial charge in [0.1, 0.15) is 0 Å². The van der Waals surface area contributed by atoms with Crippen LogP contribution in [0.3, 0.4) is 0 Å². The van der Waals surface area contributed by atoms with Crippen LogP contribution in [0.1, 0.15) is 19.8 Å². The summed E-state index contributed by atoms with van der Waals surface area (Å²) >= 11 is 0. The first kappa shape index (κ1) is 12.0. The lowest BCUT2D eigenvalue weighted by Gasteiger charge is -2.23. The topological polar surface area (TPSA) is 50.4 Å². The summed E-state index contributed by atoms with van der Waals surface area (Å²) < 4.78 is 5.43. The van der Waals surface area contributed by atoms with Crippen molar-refractivity contribution in [2.24, 2.45) is 0 Å². The Kier molecular flexibility index (Phi) is 5.16. The summed E-state index contributed by atoms with van der Waals surface area (Å²) in [5.41, 5.74) is 0. The average Bonchev–Trinajstić information content (AvgIpc) is 2.19. The van der Waals surface area contributed by atoms with E-state index in [1.54, 1.807) is 0 Å². The normalized spacial score (nSPS) is 22.8. The molecular weight excluding hydrogens is 192 g/mol. The molecule has 2 atom stereocenters. The van der Waals surface area contributed by atoms with Crippen molar-refractivity contribution in [2.75, 3.05) is 19.7 Å². The predicted octanol–water partition coefficient (Wildman–Crippen LogP) is -0.107. The van der Waals surface area contributed by atoms with Crippen molar-refractivity contribution < 1.29 is 9.53 Å². The van der Waals surface area contributed by atoms with Crippen molar-refractivity contribution in [2.45, 2.75) is 31.9 Å². The Morgan fingerprint density at radius 2 is 2.60 bits per heavy atom. The Labute approximate surface area is 90.8 Å². The molecule has 15 heavy (non-hydrogen) atoms. The largest absolute Gasteiger partial charge is 0.375 e. The van der Waals surface area contributed by atoms with E-state index in [9.17, 15) is 4.79 Å². The van der Waals surface area contributed by atoms with Crippen molar-refractivity contribution in [3.05, 3.63) is 0 Å². The summed E-state index contributed by atoms with van der Waals surface area (Å²) in [4.78, 5) is 11.5. The van der Waals surface area contributed by atoms with E-state index in [1.165, 1.54) is 0 Å². The first-order chi connectivity index (χ1) is 7.22. The van der Waals surface area contributed by atoms with Crippen LogP contribution in [0.2, 0.25) is 0 Å². The molecule has 2 N–H and O–H groups in total. The van der Waals surface area contributed by atoms with E-state index >= 15 is 0 Å². The number of amides is 1. The van der Waals surface area contributed by atoms with Gasteiger partial charge >= 0.3 is 0 Å². The van der Waals surface area contributed by atoms with E-state index in [1.807, 2.05) is 6.92 Å². The van der Waals surface area contributed by atoms with Crippen molar-refractivity contribution in [1.82, 2.24) is 10.6 Å². The fourth-order valence-corrected chi connectivity index (χ4v) is 1.52. The molecule has 0 bridgehead atoms. The van der Waals surface area contributed by atoms with Crippen LogP contribution in [-0.2, 0) is 9.53 Å². The predicted molar refractivity (Wildman–Crippen MR) is 58.3 cm³/mol. The molecule has 0 aromatic rings. The van der Waals surface area contributed by atoms with E-state index in [0.717, 1.165) is 13.1 Å². The van der Waals surface area contributed by atoms with E-state index < -0.39 is 0 Å². The molecule has 1 aliphatic rings. The molecule has 0 aliphatic carbocycles. The lowest BCUT2D eigenvalue weighted by Crippen LogP contribution is -2.42. The maximum absolute atomic E-state index is 11.5. The van der Waals surface area contributed by atoms with E-state index in [2.05, 4.69) is 16.6 Å². The Hall–Kier alpha value is -1.05. The Morgan fingerprint density at radius 3 is 3.20 bits per heavy atom. The number of terminal acetylenes is 1. The van der Waals surface area contributed by atoms with Crippen molar-refractivity contribution in [3.8, 4) is 12.3 Å². The first-order valence-corrected chi connectivity index (χ1v) is 5.27. The quantitative estimate of drug-likeness (QED) is 0.637. The van der Waals surface area contributed by atoms with E-state index in [-0.39, 0.29) is 18.1 Å². The molecule has 84 valence electrons. The van der Waals surface area contributed by atoms with Crippen LogP contribution in [0.5, 0.6) is 0 Å². The number of morpholine rings is 1. The molecule has 0 saturated carbocycles. The summed E-state index contributed by atoms with van der Waals surface area (Å²) in [5.74, 6) is 2.52. The van der Waals surface area contributed by atoms with Gasteiger partial charge in [-0.3, -0.25) is 4.79 Å². The number of hydrogen-bond donors (Lipinski definition) is 2. The zero-order valence-electron chi connectivity index (χ0n) is 9.08. The molecule has 0 aromatic heterocycles. The third kappa shape index (κ3) is 4.82. The standard InChI is InChI=1S/C11H18N2O2/c1-3-4-9(2)13-11(14)7-10-8-12-5-6-15-10/h1,9-10,12H,4-8H2,2H3,(H,13,14). The number of carbonyl (C=O) groups excluding carboxylic acids is 1. The van der Waals surface area contributed by atoms with Gasteiger partial charge in [0, 0.05) is 25.6 Å². The second-order valence-corrected chi connectivity index (χ2v) is 3.78. The molecule has 1 heterocycles. The van der Waals surface area contributed by atoms with Crippen LogP contribution < -0.4 is 10.6 Å². The van der Waals surface area contributed by atoms with Gasteiger partial charge in [-0.2, -0.15) is 0 Å². The van der Waals surface area contributed by atoms with Crippen molar-refractivity contribution in [3.63, 3.8) is 0 Å². The van der Waals surface area contributed by atoms with Gasteiger partial charge in [-0.15, -0.1) is 12.3 Å². The van der Waals surface area contributed by atoms with Crippen LogP contribution in [0.25, 0.3) is 0 Å². The minimum absolute atomic E-state index is 0.00298. The van der Waals surface area contributed by atoms with Crippen LogP contribution in [0, 0.1) is 12.3 Å². The summed E-state index contributed by atoms with van der Waals surface area (Å²) in [7, 11) is 0. The van der Waals surface area contributed by atoms with E-state index in [4.69, 9.17) is 11.2 Å². The minimum Gasteiger partial charge on any atom is -0.375 e. The molecule has 1 amide bonds. The maximum atomic E-state index is 11.5. The van der Waals surface area contributed by atoms with Crippen LogP contribution in [0.15, 0.2) is 0 Å².